The van der Waals surface area contributed by atoms with Gasteiger partial charge in [0.1, 0.15) is 11.3 Å². The van der Waals surface area contributed by atoms with E-state index < -0.39 is 0 Å². The van der Waals surface area contributed by atoms with Crippen LogP contribution in [0.4, 0.5) is 0 Å². The summed E-state index contributed by atoms with van der Waals surface area (Å²) in [6, 6.07) is 5.68. The fourth-order valence-corrected chi connectivity index (χ4v) is 1.56. The average Bonchev–Trinajstić information content (AvgIpc) is 2.30. The molecule has 0 aliphatic heterocycles. The predicted octanol–water partition coefficient (Wildman–Crippen LogP) is 3.39. The number of hydrogen-bond acceptors (Lipinski definition) is 3. The molecular formula is C14H20O3. The third-order valence-electron chi connectivity index (χ3n) is 2.47. The van der Waals surface area contributed by atoms with Crippen LogP contribution in [0.2, 0.25) is 0 Å². The Kier molecular flexibility index (Phi) is 5.01. The second kappa shape index (κ2) is 6.28. The fourth-order valence-electron chi connectivity index (χ4n) is 1.56. The minimum atomic E-state index is -0.321. The summed E-state index contributed by atoms with van der Waals surface area (Å²) in [5.41, 5.74) is 1.62. The summed E-state index contributed by atoms with van der Waals surface area (Å²) in [7, 11) is 0. The highest BCUT2D eigenvalue weighted by molar-refractivity contribution is 5.92. The van der Waals surface area contributed by atoms with Crippen LogP contribution in [-0.2, 0) is 4.74 Å². The van der Waals surface area contributed by atoms with Crippen molar-refractivity contribution in [1.29, 1.82) is 0 Å². The van der Waals surface area contributed by atoms with Crippen LogP contribution in [-0.4, -0.2) is 19.2 Å². The molecule has 3 nitrogen and oxygen atoms in total. The zero-order chi connectivity index (χ0) is 12.8. The van der Waals surface area contributed by atoms with Crippen LogP contribution in [0.15, 0.2) is 18.2 Å². The molecule has 1 rings (SSSR count). The van der Waals surface area contributed by atoms with Crippen LogP contribution in [0.1, 0.15) is 49.5 Å². The van der Waals surface area contributed by atoms with Gasteiger partial charge in [-0.1, -0.05) is 19.9 Å². The number of ether oxygens (including phenoxy) is 2. The molecule has 0 fully saturated rings. The maximum atomic E-state index is 11.8. The second-order valence-electron chi connectivity index (χ2n) is 4.06. The molecule has 0 unspecified atom stereocenters. The van der Waals surface area contributed by atoms with Crippen molar-refractivity contribution in [3.63, 3.8) is 0 Å². The van der Waals surface area contributed by atoms with Crippen molar-refractivity contribution in [3.05, 3.63) is 29.3 Å². The number of rotatable bonds is 5. The zero-order valence-electron chi connectivity index (χ0n) is 10.9. The summed E-state index contributed by atoms with van der Waals surface area (Å²) in [6.07, 6.45) is 0. The topological polar surface area (TPSA) is 35.5 Å². The third-order valence-corrected chi connectivity index (χ3v) is 2.47. The van der Waals surface area contributed by atoms with E-state index in [0.717, 1.165) is 5.56 Å². The molecule has 0 aromatic heterocycles. The highest BCUT2D eigenvalue weighted by Gasteiger charge is 2.15. The van der Waals surface area contributed by atoms with Gasteiger partial charge in [0, 0.05) is 0 Å². The molecule has 94 valence electrons. The van der Waals surface area contributed by atoms with E-state index in [9.17, 15) is 4.79 Å². The summed E-state index contributed by atoms with van der Waals surface area (Å²) >= 11 is 0. The van der Waals surface area contributed by atoms with Crippen molar-refractivity contribution in [3.8, 4) is 5.75 Å². The van der Waals surface area contributed by atoms with E-state index in [4.69, 9.17) is 9.47 Å². The minimum Gasteiger partial charge on any atom is -0.493 e. The van der Waals surface area contributed by atoms with E-state index in [2.05, 4.69) is 13.8 Å². The first kappa shape index (κ1) is 13.6. The van der Waals surface area contributed by atoms with Gasteiger partial charge >= 0.3 is 5.97 Å². The smallest absolute Gasteiger partial charge is 0.341 e. The van der Waals surface area contributed by atoms with Crippen molar-refractivity contribution in [2.24, 2.45) is 0 Å². The normalized spacial score (nSPS) is 10.4. The Morgan fingerprint density at radius 1 is 1.24 bits per heavy atom. The molecule has 0 N–H and O–H groups in total. The third kappa shape index (κ3) is 3.48. The molecule has 0 saturated carbocycles. The first-order chi connectivity index (χ1) is 8.10. The number of carbonyl (C=O) groups excluding carboxylic acids is 1. The Morgan fingerprint density at radius 3 is 2.47 bits per heavy atom. The Morgan fingerprint density at radius 2 is 1.94 bits per heavy atom. The lowest BCUT2D eigenvalue weighted by Gasteiger charge is -2.12. The van der Waals surface area contributed by atoms with Crippen LogP contribution in [0.5, 0.6) is 5.75 Å². The molecule has 0 heterocycles. The quantitative estimate of drug-likeness (QED) is 0.735. The Hall–Kier alpha value is -1.51. The summed E-state index contributed by atoms with van der Waals surface area (Å²) < 4.78 is 10.5. The van der Waals surface area contributed by atoms with E-state index in [1.807, 2.05) is 25.1 Å². The van der Waals surface area contributed by atoms with Gasteiger partial charge in [-0.3, -0.25) is 0 Å². The Balaban J connectivity index is 3.10. The van der Waals surface area contributed by atoms with Gasteiger partial charge in [0.25, 0.3) is 0 Å². The highest BCUT2D eigenvalue weighted by atomic mass is 16.5. The lowest BCUT2D eigenvalue weighted by Crippen LogP contribution is -2.08. The predicted molar refractivity (Wildman–Crippen MR) is 67.7 cm³/mol. The lowest BCUT2D eigenvalue weighted by atomic mass is 10.0. The standard InChI is InChI=1S/C14H20O3/c1-5-16-13-8-7-11(10(3)4)9-12(13)14(15)17-6-2/h7-10H,5-6H2,1-4H3. The first-order valence-corrected chi connectivity index (χ1v) is 6.04. The minimum absolute atomic E-state index is 0.321. The molecule has 0 saturated heterocycles. The van der Waals surface area contributed by atoms with E-state index in [1.54, 1.807) is 6.92 Å². The van der Waals surface area contributed by atoms with Crippen LogP contribution >= 0.6 is 0 Å². The van der Waals surface area contributed by atoms with Crippen molar-refractivity contribution in [2.45, 2.75) is 33.6 Å². The van der Waals surface area contributed by atoms with Crippen LogP contribution in [0.25, 0.3) is 0 Å². The summed E-state index contributed by atoms with van der Waals surface area (Å²) in [5.74, 6) is 0.646. The summed E-state index contributed by atoms with van der Waals surface area (Å²) in [6.45, 7) is 8.77. The molecule has 3 heteroatoms. The molecule has 0 atom stereocenters. The Bertz CT molecular complexity index is 383. The fraction of sp³-hybridized carbons (Fsp3) is 0.500. The van der Waals surface area contributed by atoms with Gasteiger partial charge in [0.05, 0.1) is 13.2 Å². The van der Waals surface area contributed by atoms with Crippen LogP contribution in [0.3, 0.4) is 0 Å². The van der Waals surface area contributed by atoms with E-state index >= 15 is 0 Å². The molecule has 0 radical (unpaired) electrons. The zero-order valence-corrected chi connectivity index (χ0v) is 10.9. The van der Waals surface area contributed by atoms with Gasteiger partial charge in [-0.2, -0.15) is 0 Å². The Labute approximate surface area is 103 Å². The number of benzene rings is 1. The van der Waals surface area contributed by atoms with Gasteiger partial charge in [0.2, 0.25) is 0 Å². The van der Waals surface area contributed by atoms with Crippen molar-refractivity contribution >= 4 is 5.97 Å². The highest BCUT2D eigenvalue weighted by Crippen LogP contribution is 2.25. The SMILES string of the molecule is CCOC(=O)c1cc(C(C)C)ccc1OCC. The molecule has 0 aliphatic carbocycles. The lowest BCUT2D eigenvalue weighted by molar-refractivity contribution is 0.0522. The molecule has 0 bridgehead atoms. The van der Waals surface area contributed by atoms with E-state index in [1.165, 1.54) is 0 Å². The van der Waals surface area contributed by atoms with Crippen molar-refractivity contribution < 1.29 is 14.3 Å². The monoisotopic (exact) mass is 236 g/mol. The van der Waals surface area contributed by atoms with Crippen molar-refractivity contribution in [2.75, 3.05) is 13.2 Å². The summed E-state index contributed by atoms with van der Waals surface area (Å²) in [4.78, 5) is 11.8. The molecule has 0 spiro atoms. The average molecular weight is 236 g/mol. The van der Waals surface area contributed by atoms with Gasteiger partial charge in [-0.05, 0) is 37.5 Å². The van der Waals surface area contributed by atoms with Crippen molar-refractivity contribution in [1.82, 2.24) is 0 Å². The largest absolute Gasteiger partial charge is 0.493 e. The molecular weight excluding hydrogens is 216 g/mol. The van der Waals surface area contributed by atoms with Crippen LogP contribution < -0.4 is 4.74 Å². The molecule has 0 amide bonds. The maximum Gasteiger partial charge on any atom is 0.341 e. The number of carbonyl (C=O) groups is 1. The van der Waals surface area contributed by atoms with Gasteiger partial charge < -0.3 is 9.47 Å². The molecule has 17 heavy (non-hydrogen) atoms. The maximum absolute atomic E-state index is 11.8. The summed E-state index contributed by atoms with van der Waals surface area (Å²) in [5, 5.41) is 0. The van der Waals surface area contributed by atoms with Gasteiger partial charge in [-0.25, -0.2) is 4.79 Å². The number of esters is 1. The van der Waals surface area contributed by atoms with E-state index in [0.29, 0.717) is 30.4 Å². The van der Waals surface area contributed by atoms with Gasteiger partial charge in [-0.15, -0.1) is 0 Å². The van der Waals surface area contributed by atoms with E-state index in [-0.39, 0.29) is 5.97 Å². The van der Waals surface area contributed by atoms with Crippen LogP contribution in [0, 0.1) is 0 Å². The van der Waals surface area contributed by atoms with Gasteiger partial charge in [0.15, 0.2) is 0 Å². The second-order valence-corrected chi connectivity index (χ2v) is 4.06. The molecule has 1 aromatic rings. The first-order valence-electron chi connectivity index (χ1n) is 6.04. The molecule has 0 aliphatic rings. The molecule has 1 aromatic carbocycles. The number of hydrogen-bond donors (Lipinski definition) is 0.